The first kappa shape index (κ1) is 13.3. The van der Waals surface area contributed by atoms with Crippen molar-refractivity contribution in [1.29, 1.82) is 0 Å². The van der Waals surface area contributed by atoms with E-state index in [4.69, 9.17) is 4.42 Å². The lowest BCUT2D eigenvalue weighted by Gasteiger charge is -2.17. The van der Waals surface area contributed by atoms with Crippen molar-refractivity contribution in [1.82, 2.24) is 5.32 Å². The third-order valence-corrected chi connectivity index (χ3v) is 3.97. The van der Waals surface area contributed by atoms with Crippen LogP contribution in [-0.2, 0) is 19.5 Å². The fourth-order valence-electron chi connectivity index (χ4n) is 2.86. The van der Waals surface area contributed by atoms with Crippen molar-refractivity contribution in [3.05, 3.63) is 53.0 Å². The molecule has 0 unspecified atom stereocenters. The van der Waals surface area contributed by atoms with Gasteiger partial charge in [0.15, 0.2) is 0 Å². The van der Waals surface area contributed by atoms with Crippen LogP contribution in [0.1, 0.15) is 29.6 Å². The Morgan fingerprint density at radius 3 is 3.00 bits per heavy atom. The van der Waals surface area contributed by atoms with Crippen molar-refractivity contribution in [2.45, 2.75) is 33.4 Å². The molecule has 1 N–H and O–H groups in total. The van der Waals surface area contributed by atoms with Crippen LogP contribution in [-0.4, -0.2) is 13.1 Å². The number of hydrogen-bond acceptors (Lipinski definition) is 3. The van der Waals surface area contributed by atoms with Gasteiger partial charge in [-0.15, -0.1) is 0 Å². The molecule has 0 spiro atoms. The van der Waals surface area contributed by atoms with Gasteiger partial charge in [-0.2, -0.15) is 0 Å². The molecular formula is C17H22N2O. The first-order chi connectivity index (χ1) is 9.78. The Hall–Kier alpha value is -1.74. The highest BCUT2D eigenvalue weighted by Crippen LogP contribution is 2.29. The zero-order chi connectivity index (χ0) is 13.9. The molecule has 0 amide bonds. The van der Waals surface area contributed by atoms with Crippen molar-refractivity contribution in [3.8, 4) is 0 Å². The molecule has 3 heteroatoms. The lowest BCUT2D eigenvalue weighted by atomic mass is 10.2. The number of nitrogens with zero attached hydrogens (tertiary/aromatic N) is 1. The van der Waals surface area contributed by atoms with E-state index in [0.717, 1.165) is 44.1 Å². The summed E-state index contributed by atoms with van der Waals surface area (Å²) >= 11 is 0. The molecule has 1 aliphatic heterocycles. The maximum atomic E-state index is 5.91. The summed E-state index contributed by atoms with van der Waals surface area (Å²) < 4.78 is 5.91. The maximum absolute atomic E-state index is 5.91. The molecule has 1 aromatic heterocycles. The number of hydrogen-bond donors (Lipinski definition) is 1. The predicted octanol–water partition coefficient (Wildman–Crippen LogP) is 3.26. The van der Waals surface area contributed by atoms with Gasteiger partial charge >= 0.3 is 0 Å². The second kappa shape index (κ2) is 5.71. The first-order valence-electron chi connectivity index (χ1n) is 7.39. The summed E-state index contributed by atoms with van der Waals surface area (Å²) in [5.41, 5.74) is 4.08. The van der Waals surface area contributed by atoms with Crippen LogP contribution in [0.3, 0.4) is 0 Å². The maximum Gasteiger partial charge on any atom is 0.123 e. The molecule has 0 aliphatic carbocycles. The lowest BCUT2D eigenvalue weighted by molar-refractivity contribution is 0.475. The van der Waals surface area contributed by atoms with Crippen LogP contribution >= 0.6 is 0 Å². The highest BCUT2D eigenvalue weighted by molar-refractivity contribution is 5.57. The number of benzene rings is 1. The van der Waals surface area contributed by atoms with E-state index < -0.39 is 0 Å². The van der Waals surface area contributed by atoms with E-state index in [1.54, 1.807) is 0 Å². The number of furan rings is 1. The molecule has 1 aliphatic rings. The standard InChI is InChI=1S/C17H22N2O/c1-3-18-11-15-10-16(20-13(15)2)12-19-9-8-14-6-4-5-7-17(14)19/h4-7,10,18H,3,8-9,11-12H2,1-2H3. The zero-order valence-corrected chi connectivity index (χ0v) is 12.3. The fraction of sp³-hybridized carbons (Fsp3) is 0.412. The summed E-state index contributed by atoms with van der Waals surface area (Å²) in [7, 11) is 0. The zero-order valence-electron chi connectivity index (χ0n) is 12.3. The molecule has 106 valence electrons. The van der Waals surface area contributed by atoms with Gasteiger partial charge in [0.25, 0.3) is 0 Å². The Morgan fingerprint density at radius 1 is 1.30 bits per heavy atom. The summed E-state index contributed by atoms with van der Waals surface area (Å²) in [6.45, 7) is 8.00. The molecule has 2 aromatic rings. The lowest BCUT2D eigenvalue weighted by Crippen LogP contribution is -2.19. The van der Waals surface area contributed by atoms with Gasteiger partial charge in [0, 0.05) is 24.3 Å². The van der Waals surface area contributed by atoms with Crippen LogP contribution in [0.25, 0.3) is 0 Å². The Morgan fingerprint density at radius 2 is 2.15 bits per heavy atom. The van der Waals surface area contributed by atoms with Crippen LogP contribution < -0.4 is 10.2 Å². The minimum Gasteiger partial charge on any atom is -0.464 e. The highest BCUT2D eigenvalue weighted by Gasteiger charge is 2.20. The van der Waals surface area contributed by atoms with Crippen molar-refractivity contribution >= 4 is 5.69 Å². The third-order valence-electron chi connectivity index (χ3n) is 3.97. The minimum atomic E-state index is 0.865. The third kappa shape index (κ3) is 2.59. The van der Waals surface area contributed by atoms with Gasteiger partial charge in [-0.1, -0.05) is 25.1 Å². The van der Waals surface area contributed by atoms with E-state index in [1.807, 2.05) is 6.92 Å². The minimum absolute atomic E-state index is 0.865. The second-order valence-electron chi connectivity index (χ2n) is 5.37. The monoisotopic (exact) mass is 270 g/mol. The van der Waals surface area contributed by atoms with Crippen molar-refractivity contribution in [2.24, 2.45) is 0 Å². The van der Waals surface area contributed by atoms with Gasteiger partial charge in [0.05, 0.1) is 6.54 Å². The molecule has 0 bridgehead atoms. The number of aryl methyl sites for hydroxylation is 1. The topological polar surface area (TPSA) is 28.4 Å². The number of para-hydroxylation sites is 1. The molecule has 2 heterocycles. The molecule has 1 aromatic carbocycles. The second-order valence-corrected chi connectivity index (χ2v) is 5.37. The van der Waals surface area contributed by atoms with Crippen LogP contribution in [0.4, 0.5) is 5.69 Å². The van der Waals surface area contributed by atoms with Crippen molar-refractivity contribution < 1.29 is 4.42 Å². The SMILES string of the molecule is CCNCc1cc(CN2CCc3ccccc32)oc1C. The van der Waals surface area contributed by atoms with Crippen LogP contribution in [0.15, 0.2) is 34.7 Å². The van der Waals surface area contributed by atoms with Gasteiger partial charge in [0.1, 0.15) is 11.5 Å². The van der Waals surface area contributed by atoms with Crippen LogP contribution in [0.5, 0.6) is 0 Å². The normalized spacial score (nSPS) is 13.8. The summed E-state index contributed by atoms with van der Waals surface area (Å²) in [6, 6.07) is 10.9. The Kier molecular flexibility index (Phi) is 3.79. The van der Waals surface area contributed by atoms with Gasteiger partial charge in [-0.25, -0.2) is 0 Å². The van der Waals surface area contributed by atoms with Gasteiger partial charge in [-0.05, 0) is 37.6 Å². The fourth-order valence-corrected chi connectivity index (χ4v) is 2.86. The van der Waals surface area contributed by atoms with Crippen molar-refractivity contribution in [2.75, 3.05) is 18.0 Å². The average molecular weight is 270 g/mol. The number of anilines is 1. The highest BCUT2D eigenvalue weighted by atomic mass is 16.3. The van der Waals surface area contributed by atoms with E-state index in [2.05, 4.69) is 47.5 Å². The van der Waals surface area contributed by atoms with E-state index in [1.165, 1.54) is 16.8 Å². The number of nitrogens with one attached hydrogen (secondary N) is 1. The van der Waals surface area contributed by atoms with E-state index in [0.29, 0.717) is 0 Å². The summed E-state index contributed by atoms with van der Waals surface area (Å²) in [5.74, 6) is 2.10. The van der Waals surface area contributed by atoms with E-state index >= 15 is 0 Å². The molecule has 0 fully saturated rings. The summed E-state index contributed by atoms with van der Waals surface area (Å²) in [5, 5.41) is 3.35. The number of rotatable bonds is 5. The van der Waals surface area contributed by atoms with E-state index in [9.17, 15) is 0 Å². The molecule has 0 saturated heterocycles. The van der Waals surface area contributed by atoms with Gasteiger partial charge < -0.3 is 14.6 Å². The molecule has 20 heavy (non-hydrogen) atoms. The summed E-state index contributed by atoms with van der Waals surface area (Å²) in [6.07, 6.45) is 1.14. The molecular weight excluding hydrogens is 248 g/mol. The van der Waals surface area contributed by atoms with E-state index in [-0.39, 0.29) is 0 Å². The first-order valence-corrected chi connectivity index (χ1v) is 7.39. The van der Waals surface area contributed by atoms with Crippen LogP contribution in [0, 0.1) is 6.92 Å². The van der Waals surface area contributed by atoms with Crippen LogP contribution in [0.2, 0.25) is 0 Å². The molecule has 0 saturated carbocycles. The smallest absolute Gasteiger partial charge is 0.123 e. The van der Waals surface area contributed by atoms with Gasteiger partial charge in [-0.3, -0.25) is 0 Å². The quantitative estimate of drug-likeness (QED) is 0.904. The average Bonchev–Trinajstić information content (AvgIpc) is 3.01. The predicted molar refractivity (Wildman–Crippen MR) is 82.0 cm³/mol. The Labute approximate surface area is 120 Å². The van der Waals surface area contributed by atoms with Crippen molar-refractivity contribution in [3.63, 3.8) is 0 Å². The Balaban J connectivity index is 1.73. The Bertz CT molecular complexity index is 588. The molecule has 0 radical (unpaired) electrons. The van der Waals surface area contributed by atoms with Gasteiger partial charge in [0.2, 0.25) is 0 Å². The molecule has 3 rings (SSSR count). The number of fused-ring (bicyclic) bond motifs is 1. The summed E-state index contributed by atoms with van der Waals surface area (Å²) in [4.78, 5) is 2.41. The molecule has 0 atom stereocenters. The molecule has 3 nitrogen and oxygen atoms in total. The largest absolute Gasteiger partial charge is 0.464 e.